The van der Waals surface area contributed by atoms with Gasteiger partial charge in [0.1, 0.15) is 11.6 Å². The Labute approximate surface area is 181 Å². The number of imidazole rings is 1. The highest BCUT2D eigenvalue weighted by molar-refractivity contribution is 7.90. The second-order valence-electron chi connectivity index (χ2n) is 7.14. The number of carbonyl (C=O) groups excluding carboxylic acids is 1. The number of benzene rings is 1. The highest BCUT2D eigenvalue weighted by atomic mass is 32.2. The molecule has 10 heteroatoms. The normalized spacial score (nSPS) is 14.4. The molecule has 4 rings (SSSR count). The van der Waals surface area contributed by atoms with Crippen molar-refractivity contribution in [2.75, 3.05) is 13.2 Å². The van der Waals surface area contributed by atoms with Crippen LogP contribution < -0.4 is 4.74 Å². The maximum atomic E-state index is 13.7. The van der Waals surface area contributed by atoms with E-state index in [0.29, 0.717) is 35.0 Å². The van der Waals surface area contributed by atoms with Crippen LogP contribution >= 0.6 is 0 Å². The molecule has 1 aromatic carbocycles. The van der Waals surface area contributed by atoms with Crippen LogP contribution in [0.1, 0.15) is 25.5 Å². The molecule has 1 aliphatic rings. The molecule has 2 aromatic heterocycles. The van der Waals surface area contributed by atoms with E-state index in [4.69, 9.17) is 14.2 Å². The van der Waals surface area contributed by atoms with E-state index in [1.54, 1.807) is 25.3 Å². The summed E-state index contributed by atoms with van der Waals surface area (Å²) in [6.07, 6.45) is 3.13. The summed E-state index contributed by atoms with van der Waals surface area (Å²) in [6, 6.07) is 7.51. The summed E-state index contributed by atoms with van der Waals surface area (Å²) in [5.41, 5.74) is 1.37. The van der Waals surface area contributed by atoms with Gasteiger partial charge in [0.2, 0.25) is 0 Å². The highest BCUT2D eigenvalue weighted by Crippen LogP contribution is 2.30. The Morgan fingerprint density at radius 1 is 1.29 bits per heavy atom. The maximum absolute atomic E-state index is 13.7. The molecule has 1 saturated carbocycles. The first-order valence-electron chi connectivity index (χ1n) is 9.95. The van der Waals surface area contributed by atoms with Crippen molar-refractivity contribution in [1.82, 2.24) is 14.5 Å². The molecular formula is C21H22FN3O5S. The van der Waals surface area contributed by atoms with Crippen LogP contribution in [-0.4, -0.2) is 38.5 Å². The van der Waals surface area contributed by atoms with Gasteiger partial charge in [-0.1, -0.05) is 0 Å². The van der Waals surface area contributed by atoms with Crippen molar-refractivity contribution < 1.29 is 27.9 Å². The molecule has 1 unspecified atom stereocenters. The zero-order valence-corrected chi connectivity index (χ0v) is 17.8. The van der Waals surface area contributed by atoms with Crippen LogP contribution in [0.4, 0.5) is 9.18 Å². The number of hydrogen-bond acceptors (Lipinski definition) is 7. The van der Waals surface area contributed by atoms with Gasteiger partial charge in [0.15, 0.2) is 12.5 Å². The SMILES string of the molecule is CCOC(=O)OCn1c([S+]([O-])Cc2cc(OCC3CC3)ccn2)nc2cc(F)ccc21. The van der Waals surface area contributed by atoms with Crippen molar-refractivity contribution in [1.29, 1.82) is 0 Å². The average molecular weight is 447 g/mol. The number of aromatic nitrogens is 3. The first kappa shape index (κ1) is 21.4. The maximum Gasteiger partial charge on any atom is 0.510 e. The molecule has 1 atom stereocenters. The average Bonchev–Trinajstić information content (AvgIpc) is 3.51. The van der Waals surface area contributed by atoms with Gasteiger partial charge in [0.25, 0.3) is 0 Å². The summed E-state index contributed by atoms with van der Waals surface area (Å²) in [6.45, 7) is 2.23. The predicted octanol–water partition coefficient (Wildman–Crippen LogP) is 3.80. The monoisotopic (exact) mass is 447 g/mol. The molecule has 0 amide bonds. The van der Waals surface area contributed by atoms with Crippen molar-refractivity contribution in [2.45, 2.75) is 37.4 Å². The fourth-order valence-electron chi connectivity index (χ4n) is 2.98. The standard InChI is InChI=1S/C21H22FN3O5S/c1-2-28-21(26)30-13-25-19-6-5-15(22)9-18(19)24-20(25)31(27)12-16-10-17(7-8-23-16)29-11-14-3-4-14/h5-10,14H,2-4,11-13H2,1H3. The van der Waals surface area contributed by atoms with Crippen LogP contribution in [0.2, 0.25) is 0 Å². The molecule has 1 fully saturated rings. The summed E-state index contributed by atoms with van der Waals surface area (Å²) in [5, 5.41) is 0.149. The van der Waals surface area contributed by atoms with Gasteiger partial charge in [0.05, 0.1) is 29.9 Å². The third-order valence-corrected chi connectivity index (χ3v) is 5.98. The van der Waals surface area contributed by atoms with Crippen LogP contribution in [0.25, 0.3) is 11.0 Å². The topological polar surface area (TPSA) is 98.5 Å². The van der Waals surface area contributed by atoms with Gasteiger partial charge in [-0.05, 0) is 43.9 Å². The molecule has 8 nitrogen and oxygen atoms in total. The van der Waals surface area contributed by atoms with Crippen LogP contribution in [-0.2, 0) is 33.1 Å². The molecule has 0 saturated heterocycles. The minimum atomic E-state index is -1.63. The molecule has 0 spiro atoms. The number of halogens is 1. The van der Waals surface area contributed by atoms with Gasteiger partial charge in [-0.3, -0.25) is 4.98 Å². The Morgan fingerprint density at radius 3 is 2.90 bits per heavy atom. The number of carbonyl (C=O) groups is 1. The van der Waals surface area contributed by atoms with E-state index in [9.17, 15) is 13.7 Å². The van der Waals surface area contributed by atoms with E-state index in [-0.39, 0.29) is 24.2 Å². The Hall–Kier alpha value is -2.85. The number of rotatable bonds is 9. The van der Waals surface area contributed by atoms with Gasteiger partial charge < -0.3 is 18.8 Å². The smallest absolute Gasteiger partial charge is 0.510 e. The fourth-order valence-corrected chi connectivity index (χ4v) is 4.13. The van der Waals surface area contributed by atoms with Crippen LogP contribution in [0.5, 0.6) is 5.75 Å². The van der Waals surface area contributed by atoms with Gasteiger partial charge in [-0.2, -0.15) is 4.98 Å². The minimum absolute atomic E-state index is 0.0752. The Bertz CT molecular complexity index is 1070. The molecule has 0 N–H and O–H groups in total. The van der Waals surface area contributed by atoms with Gasteiger partial charge >= 0.3 is 11.3 Å². The molecule has 0 aliphatic heterocycles. The van der Waals surface area contributed by atoms with Gasteiger partial charge in [-0.25, -0.2) is 13.8 Å². The fraction of sp³-hybridized carbons (Fsp3) is 0.381. The van der Waals surface area contributed by atoms with E-state index in [2.05, 4.69) is 9.97 Å². The Morgan fingerprint density at radius 2 is 2.13 bits per heavy atom. The number of fused-ring (bicyclic) bond motifs is 1. The van der Waals surface area contributed by atoms with Gasteiger partial charge in [-0.15, -0.1) is 0 Å². The molecule has 1 aliphatic carbocycles. The molecule has 0 radical (unpaired) electrons. The number of nitrogens with zero attached hydrogens (tertiary/aromatic N) is 3. The lowest BCUT2D eigenvalue weighted by atomic mass is 10.3. The highest BCUT2D eigenvalue weighted by Gasteiger charge is 2.25. The molecule has 3 aromatic rings. The van der Waals surface area contributed by atoms with E-state index in [1.165, 1.54) is 35.6 Å². The van der Waals surface area contributed by atoms with Crippen molar-refractivity contribution >= 4 is 28.4 Å². The molecule has 0 bridgehead atoms. The second kappa shape index (κ2) is 9.52. The van der Waals surface area contributed by atoms with E-state index in [0.717, 1.165) is 0 Å². The van der Waals surface area contributed by atoms with Crippen molar-refractivity contribution in [3.8, 4) is 5.75 Å². The lowest BCUT2D eigenvalue weighted by molar-refractivity contribution is 0.0357. The number of hydrogen-bond donors (Lipinski definition) is 0. The zero-order valence-electron chi connectivity index (χ0n) is 17.0. The summed E-state index contributed by atoms with van der Waals surface area (Å²) in [5.74, 6) is 0.898. The van der Waals surface area contributed by atoms with Crippen molar-refractivity contribution in [2.24, 2.45) is 5.92 Å². The molecule has 164 valence electrons. The summed E-state index contributed by atoms with van der Waals surface area (Å²) >= 11 is -1.63. The Kier molecular flexibility index (Phi) is 6.57. The lowest BCUT2D eigenvalue weighted by Gasteiger charge is -2.13. The van der Waals surface area contributed by atoms with E-state index < -0.39 is 23.1 Å². The van der Waals surface area contributed by atoms with Crippen LogP contribution in [0.3, 0.4) is 0 Å². The summed E-state index contributed by atoms with van der Waals surface area (Å²) in [7, 11) is 0. The second-order valence-corrected chi connectivity index (χ2v) is 8.48. The van der Waals surface area contributed by atoms with Crippen LogP contribution in [0.15, 0.2) is 41.7 Å². The number of ether oxygens (including phenoxy) is 3. The third-order valence-electron chi connectivity index (χ3n) is 4.70. The van der Waals surface area contributed by atoms with Crippen molar-refractivity contribution in [3.63, 3.8) is 0 Å². The molecular weight excluding hydrogens is 425 g/mol. The lowest BCUT2D eigenvalue weighted by Crippen LogP contribution is -2.17. The first-order valence-corrected chi connectivity index (χ1v) is 11.3. The minimum Gasteiger partial charge on any atom is -0.609 e. The quantitative estimate of drug-likeness (QED) is 0.363. The molecule has 2 heterocycles. The van der Waals surface area contributed by atoms with E-state index in [1.807, 2.05) is 0 Å². The third kappa shape index (κ3) is 5.45. The van der Waals surface area contributed by atoms with E-state index >= 15 is 0 Å². The Balaban J connectivity index is 1.54. The van der Waals surface area contributed by atoms with Gasteiger partial charge in [0, 0.05) is 29.5 Å². The summed E-state index contributed by atoms with van der Waals surface area (Å²) < 4.78 is 43.9. The summed E-state index contributed by atoms with van der Waals surface area (Å²) in [4.78, 5) is 20.2. The molecule has 31 heavy (non-hydrogen) atoms. The van der Waals surface area contributed by atoms with Crippen LogP contribution in [0, 0.1) is 11.7 Å². The largest absolute Gasteiger partial charge is 0.609 e. The predicted molar refractivity (Wildman–Crippen MR) is 110 cm³/mol. The zero-order chi connectivity index (χ0) is 21.8. The first-order chi connectivity index (χ1) is 15.0. The number of pyridine rings is 1. The van der Waals surface area contributed by atoms with Crippen molar-refractivity contribution in [3.05, 3.63) is 48.0 Å².